The molecule has 0 aromatic rings. The van der Waals surface area contributed by atoms with Crippen LogP contribution < -0.4 is 0 Å². The fraction of sp³-hybridized carbons (Fsp3) is 0.600. The highest BCUT2D eigenvalue weighted by Crippen LogP contribution is 2.29. The van der Waals surface area contributed by atoms with E-state index in [0.29, 0.717) is 0 Å². The lowest BCUT2D eigenvalue weighted by Crippen LogP contribution is -2.43. The number of hydrogen-bond donors (Lipinski definition) is 0. The summed E-state index contributed by atoms with van der Waals surface area (Å²) in [5.74, 6) is 1.52. The zero-order valence-corrected chi connectivity index (χ0v) is 11.4. The smallest absolute Gasteiger partial charge is 0.112 e. The standard InChI is InChI=1S/C15H24N2O/c1-13(17-10-8-16(3)9-11-17)4-5-14(2)18-12-15-6-7-15/h4-5,15H,1-2,6-12H2,3H3/b5-4-. The maximum Gasteiger partial charge on any atom is 0.112 e. The molecule has 0 bridgehead atoms. The second kappa shape index (κ2) is 6.10. The van der Waals surface area contributed by atoms with Crippen molar-refractivity contribution in [3.63, 3.8) is 0 Å². The average molecular weight is 248 g/mol. The van der Waals surface area contributed by atoms with E-state index in [9.17, 15) is 0 Å². The normalized spacial score (nSPS) is 21.3. The summed E-state index contributed by atoms with van der Waals surface area (Å²) in [6, 6.07) is 0. The van der Waals surface area contributed by atoms with Gasteiger partial charge in [0.15, 0.2) is 0 Å². The summed E-state index contributed by atoms with van der Waals surface area (Å²) in [5, 5.41) is 0. The van der Waals surface area contributed by atoms with Gasteiger partial charge >= 0.3 is 0 Å². The lowest BCUT2D eigenvalue weighted by molar-refractivity contribution is 0.190. The number of hydrogen-bond acceptors (Lipinski definition) is 3. The van der Waals surface area contributed by atoms with Crippen LogP contribution in [-0.2, 0) is 4.74 Å². The fourth-order valence-electron chi connectivity index (χ4n) is 1.95. The van der Waals surface area contributed by atoms with Crippen LogP contribution in [0.2, 0.25) is 0 Å². The van der Waals surface area contributed by atoms with Crippen LogP contribution in [0.25, 0.3) is 0 Å². The van der Waals surface area contributed by atoms with Gasteiger partial charge in [0.05, 0.1) is 6.61 Å². The molecule has 0 aromatic heterocycles. The van der Waals surface area contributed by atoms with Gasteiger partial charge in [-0.25, -0.2) is 0 Å². The highest BCUT2D eigenvalue weighted by molar-refractivity contribution is 5.21. The Labute approximate surface area is 110 Å². The predicted molar refractivity (Wildman–Crippen MR) is 75.2 cm³/mol. The van der Waals surface area contributed by atoms with E-state index in [2.05, 4.69) is 30.0 Å². The Morgan fingerprint density at radius 1 is 1.17 bits per heavy atom. The van der Waals surface area contributed by atoms with Gasteiger partial charge in [-0.1, -0.05) is 13.2 Å². The van der Waals surface area contributed by atoms with Crippen LogP contribution in [0.5, 0.6) is 0 Å². The van der Waals surface area contributed by atoms with Crippen molar-refractivity contribution in [3.8, 4) is 0 Å². The third-order valence-electron chi connectivity index (χ3n) is 3.57. The minimum Gasteiger partial charge on any atom is -0.494 e. The molecule has 1 saturated heterocycles. The van der Waals surface area contributed by atoms with Crippen molar-refractivity contribution >= 4 is 0 Å². The van der Waals surface area contributed by atoms with Crippen molar-refractivity contribution < 1.29 is 4.74 Å². The van der Waals surface area contributed by atoms with Gasteiger partial charge in [-0.05, 0) is 38.0 Å². The van der Waals surface area contributed by atoms with E-state index >= 15 is 0 Å². The molecule has 0 aromatic carbocycles. The summed E-state index contributed by atoms with van der Waals surface area (Å²) in [7, 11) is 2.16. The second-order valence-electron chi connectivity index (χ2n) is 5.34. The first kappa shape index (κ1) is 13.2. The van der Waals surface area contributed by atoms with Crippen molar-refractivity contribution in [2.75, 3.05) is 39.8 Å². The molecule has 0 unspecified atom stereocenters. The first-order chi connectivity index (χ1) is 8.65. The first-order valence-corrected chi connectivity index (χ1v) is 6.77. The van der Waals surface area contributed by atoms with Crippen molar-refractivity contribution in [2.45, 2.75) is 12.8 Å². The summed E-state index contributed by atoms with van der Waals surface area (Å²) in [4.78, 5) is 4.65. The molecule has 3 heteroatoms. The van der Waals surface area contributed by atoms with Gasteiger partial charge in [0.2, 0.25) is 0 Å². The Morgan fingerprint density at radius 3 is 2.44 bits per heavy atom. The molecule has 2 rings (SSSR count). The third kappa shape index (κ3) is 4.22. The van der Waals surface area contributed by atoms with Crippen molar-refractivity contribution in [1.82, 2.24) is 9.80 Å². The highest BCUT2D eigenvalue weighted by atomic mass is 16.5. The topological polar surface area (TPSA) is 15.7 Å². The van der Waals surface area contributed by atoms with Crippen molar-refractivity contribution in [3.05, 3.63) is 36.8 Å². The second-order valence-corrected chi connectivity index (χ2v) is 5.34. The first-order valence-electron chi connectivity index (χ1n) is 6.77. The Balaban J connectivity index is 1.70. The van der Waals surface area contributed by atoms with Crippen LogP contribution in [-0.4, -0.2) is 49.6 Å². The van der Waals surface area contributed by atoms with E-state index in [1.807, 2.05) is 12.2 Å². The van der Waals surface area contributed by atoms with Gasteiger partial charge in [0.1, 0.15) is 5.76 Å². The molecule has 3 nitrogen and oxygen atoms in total. The molecular formula is C15H24N2O. The highest BCUT2D eigenvalue weighted by Gasteiger charge is 2.21. The molecule has 0 radical (unpaired) electrons. The van der Waals surface area contributed by atoms with Crippen molar-refractivity contribution in [2.24, 2.45) is 5.92 Å². The number of likely N-dealkylation sites (N-methyl/N-ethyl adjacent to an activating group) is 1. The monoisotopic (exact) mass is 248 g/mol. The molecule has 18 heavy (non-hydrogen) atoms. The molecule has 1 heterocycles. The molecule has 0 N–H and O–H groups in total. The average Bonchev–Trinajstić information content (AvgIpc) is 3.18. The molecule has 0 amide bonds. The van der Waals surface area contributed by atoms with Crippen LogP contribution in [0.1, 0.15) is 12.8 Å². The van der Waals surface area contributed by atoms with Crippen LogP contribution in [0.15, 0.2) is 36.8 Å². The van der Waals surface area contributed by atoms with E-state index in [1.54, 1.807) is 0 Å². The molecule has 100 valence electrons. The summed E-state index contributed by atoms with van der Waals surface area (Å²) in [5.41, 5.74) is 1.05. The lowest BCUT2D eigenvalue weighted by atomic mass is 10.3. The zero-order chi connectivity index (χ0) is 13.0. The Bertz CT molecular complexity index is 336. The number of nitrogens with zero attached hydrogens (tertiary/aromatic N) is 2. The molecule has 1 aliphatic carbocycles. The van der Waals surface area contributed by atoms with Crippen molar-refractivity contribution in [1.29, 1.82) is 0 Å². The fourth-order valence-corrected chi connectivity index (χ4v) is 1.95. The molecule has 2 fully saturated rings. The van der Waals surface area contributed by atoms with E-state index in [1.165, 1.54) is 12.8 Å². The zero-order valence-electron chi connectivity index (χ0n) is 11.4. The lowest BCUT2D eigenvalue weighted by Gasteiger charge is -2.34. The number of allylic oxidation sites excluding steroid dienone is 2. The van der Waals surface area contributed by atoms with Gasteiger partial charge in [0.25, 0.3) is 0 Å². The maximum absolute atomic E-state index is 5.57. The molecule has 1 aliphatic heterocycles. The molecule has 2 aliphatic rings. The van der Waals surface area contributed by atoms with Gasteiger partial charge < -0.3 is 14.5 Å². The summed E-state index contributed by atoms with van der Waals surface area (Å²) < 4.78 is 5.57. The Morgan fingerprint density at radius 2 is 1.83 bits per heavy atom. The minimum atomic E-state index is 0.747. The maximum atomic E-state index is 5.57. The Hall–Kier alpha value is -1.22. The number of rotatable bonds is 6. The van der Waals surface area contributed by atoms with E-state index in [-0.39, 0.29) is 0 Å². The molecule has 0 spiro atoms. The summed E-state index contributed by atoms with van der Waals surface area (Å²) >= 11 is 0. The van der Waals surface area contributed by atoms with E-state index < -0.39 is 0 Å². The largest absolute Gasteiger partial charge is 0.494 e. The van der Waals surface area contributed by atoms with Crippen LogP contribution in [0, 0.1) is 5.92 Å². The third-order valence-corrected chi connectivity index (χ3v) is 3.57. The van der Waals surface area contributed by atoms with Crippen LogP contribution in [0.3, 0.4) is 0 Å². The quantitative estimate of drug-likeness (QED) is 0.529. The molecule has 0 atom stereocenters. The SMILES string of the molecule is C=C(/C=C\C(=C)N1CCN(C)CC1)OCC1CC1. The minimum absolute atomic E-state index is 0.747. The Kier molecular flexibility index (Phi) is 4.48. The van der Waals surface area contributed by atoms with E-state index in [0.717, 1.165) is 50.2 Å². The number of piperazine rings is 1. The van der Waals surface area contributed by atoms with Gasteiger partial charge in [0, 0.05) is 31.9 Å². The van der Waals surface area contributed by atoms with Gasteiger partial charge in [-0.3, -0.25) is 0 Å². The van der Waals surface area contributed by atoms with Crippen LogP contribution in [0.4, 0.5) is 0 Å². The predicted octanol–water partition coefficient (Wildman–Crippen LogP) is 2.24. The number of ether oxygens (including phenoxy) is 1. The van der Waals surface area contributed by atoms with Gasteiger partial charge in [-0.2, -0.15) is 0 Å². The molecular weight excluding hydrogens is 224 g/mol. The summed E-state index contributed by atoms with van der Waals surface area (Å²) in [6.07, 6.45) is 6.57. The summed E-state index contributed by atoms with van der Waals surface area (Å²) in [6.45, 7) is 13.1. The van der Waals surface area contributed by atoms with Crippen LogP contribution >= 0.6 is 0 Å². The van der Waals surface area contributed by atoms with E-state index in [4.69, 9.17) is 4.74 Å². The molecule has 1 saturated carbocycles. The van der Waals surface area contributed by atoms with Gasteiger partial charge in [-0.15, -0.1) is 0 Å².